The molecule has 138 valence electrons. The summed E-state index contributed by atoms with van der Waals surface area (Å²) in [5, 5.41) is 8.84. The summed E-state index contributed by atoms with van der Waals surface area (Å²) in [5.74, 6) is -0.530. The van der Waals surface area contributed by atoms with Crippen molar-refractivity contribution in [2.24, 2.45) is 0 Å². The number of ether oxygens (including phenoxy) is 3. The fourth-order valence-corrected chi connectivity index (χ4v) is 2.37. The second-order valence-corrected chi connectivity index (χ2v) is 5.54. The van der Waals surface area contributed by atoms with Gasteiger partial charge in [0.05, 0.1) is 14.2 Å². The summed E-state index contributed by atoms with van der Waals surface area (Å²) < 4.78 is 16.5. The number of methoxy groups -OCH3 is 2. The third kappa shape index (κ3) is 4.66. The number of hydrogen-bond donors (Lipinski definition) is 1. The van der Waals surface area contributed by atoms with Crippen molar-refractivity contribution >= 4 is 11.9 Å². The van der Waals surface area contributed by atoms with E-state index < -0.39 is 18.4 Å². The molecule has 1 N–H and O–H groups in total. The third-order valence-corrected chi connectivity index (χ3v) is 3.65. The Morgan fingerprint density at radius 1 is 1.04 bits per heavy atom. The van der Waals surface area contributed by atoms with Gasteiger partial charge < -0.3 is 24.2 Å². The van der Waals surface area contributed by atoms with E-state index in [9.17, 15) is 9.59 Å². The van der Waals surface area contributed by atoms with Crippen molar-refractivity contribution < 1.29 is 28.9 Å². The topological polar surface area (TPSA) is 85.3 Å². The van der Waals surface area contributed by atoms with Gasteiger partial charge in [0.15, 0.2) is 11.5 Å². The predicted molar refractivity (Wildman–Crippen MR) is 94.9 cm³/mol. The normalized spacial score (nSPS) is 10.1. The molecule has 1 amide bonds. The molecule has 0 unspecified atom stereocenters. The zero-order valence-electron chi connectivity index (χ0n) is 14.9. The van der Waals surface area contributed by atoms with Crippen molar-refractivity contribution in [1.82, 2.24) is 4.90 Å². The molecule has 0 bridgehead atoms. The number of likely N-dealkylation sites (N-methyl/N-ethyl adjacent to an activating group) is 1. The molecule has 0 heterocycles. The van der Waals surface area contributed by atoms with Gasteiger partial charge in [-0.1, -0.05) is 30.3 Å². The molecule has 0 aliphatic carbocycles. The molecule has 7 heteroatoms. The Hall–Kier alpha value is -3.22. The van der Waals surface area contributed by atoms with E-state index in [0.717, 1.165) is 10.5 Å². The number of rotatable bonds is 8. The Balaban J connectivity index is 2.29. The van der Waals surface area contributed by atoms with Crippen molar-refractivity contribution in [2.75, 3.05) is 27.8 Å². The van der Waals surface area contributed by atoms with Gasteiger partial charge in [-0.15, -0.1) is 0 Å². The lowest BCUT2D eigenvalue weighted by molar-refractivity contribution is -0.137. The molecule has 0 saturated carbocycles. The number of aliphatic carboxylic acids is 1. The van der Waals surface area contributed by atoms with Gasteiger partial charge >= 0.3 is 5.97 Å². The van der Waals surface area contributed by atoms with Crippen molar-refractivity contribution in [3.05, 3.63) is 53.6 Å². The van der Waals surface area contributed by atoms with Gasteiger partial charge in [-0.25, -0.2) is 0 Å². The molecule has 0 aliphatic rings. The van der Waals surface area contributed by atoms with Crippen LogP contribution in [-0.4, -0.2) is 49.7 Å². The van der Waals surface area contributed by atoms with Crippen LogP contribution in [0.4, 0.5) is 0 Å². The van der Waals surface area contributed by atoms with Gasteiger partial charge in [-0.3, -0.25) is 9.59 Å². The monoisotopic (exact) mass is 359 g/mol. The number of hydrogen-bond acceptors (Lipinski definition) is 5. The molecule has 2 aromatic rings. The van der Waals surface area contributed by atoms with Crippen molar-refractivity contribution in [3.8, 4) is 17.2 Å². The average Bonchev–Trinajstić information content (AvgIpc) is 2.65. The standard InChI is InChI=1S/C19H21NO6/c1-20(11-17(21)22)19(23)14-9-15(24-2)18(16(10-14)25-3)26-12-13-7-5-4-6-8-13/h4-10H,11-12H2,1-3H3,(H,21,22). The largest absolute Gasteiger partial charge is 0.493 e. The van der Waals surface area contributed by atoms with E-state index in [1.54, 1.807) is 0 Å². The van der Waals surface area contributed by atoms with E-state index >= 15 is 0 Å². The minimum absolute atomic E-state index is 0.245. The number of amides is 1. The van der Waals surface area contributed by atoms with Crippen LogP contribution in [0.2, 0.25) is 0 Å². The van der Waals surface area contributed by atoms with Crippen LogP contribution in [0.1, 0.15) is 15.9 Å². The van der Waals surface area contributed by atoms with Crippen LogP contribution in [0, 0.1) is 0 Å². The SMILES string of the molecule is COc1cc(C(=O)N(C)CC(=O)O)cc(OC)c1OCc1ccccc1. The Labute approximate surface area is 151 Å². The van der Waals surface area contributed by atoms with Gasteiger partial charge in [0, 0.05) is 12.6 Å². The first-order valence-electron chi connectivity index (χ1n) is 7.86. The van der Waals surface area contributed by atoms with E-state index in [0.29, 0.717) is 23.9 Å². The molecule has 0 atom stereocenters. The first-order chi connectivity index (χ1) is 12.5. The predicted octanol–water partition coefficient (Wildman–Crippen LogP) is 2.44. The second-order valence-electron chi connectivity index (χ2n) is 5.54. The van der Waals surface area contributed by atoms with Gasteiger partial charge in [0.1, 0.15) is 13.2 Å². The first kappa shape index (κ1) is 19.1. The molecule has 2 rings (SSSR count). The maximum atomic E-state index is 12.4. The Kier molecular flexibility index (Phi) is 6.43. The molecule has 0 aromatic heterocycles. The van der Waals surface area contributed by atoms with E-state index in [1.807, 2.05) is 30.3 Å². The van der Waals surface area contributed by atoms with Crippen LogP contribution in [0.3, 0.4) is 0 Å². The van der Waals surface area contributed by atoms with Gasteiger partial charge in [-0.05, 0) is 17.7 Å². The molecule has 0 radical (unpaired) electrons. The van der Waals surface area contributed by atoms with E-state index in [4.69, 9.17) is 19.3 Å². The van der Waals surface area contributed by atoms with Crippen LogP contribution in [-0.2, 0) is 11.4 Å². The quantitative estimate of drug-likeness (QED) is 0.779. The minimum Gasteiger partial charge on any atom is -0.493 e. The third-order valence-electron chi connectivity index (χ3n) is 3.65. The van der Waals surface area contributed by atoms with E-state index in [1.165, 1.54) is 33.4 Å². The van der Waals surface area contributed by atoms with Gasteiger partial charge in [0.2, 0.25) is 5.75 Å². The molecular formula is C19H21NO6. The average molecular weight is 359 g/mol. The summed E-state index contributed by atoms with van der Waals surface area (Å²) >= 11 is 0. The summed E-state index contributed by atoms with van der Waals surface area (Å²) in [5.41, 5.74) is 1.22. The lowest BCUT2D eigenvalue weighted by atomic mass is 10.1. The number of nitrogens with zero attached hydrogens (tertiary/aromatic N) is 1. The highest BCUT2D eigenvalue weighted by atomic mass is 16.5. The highest BCUT2D eigenvalue weighted by Crippen LogP contribution is 2.39. The molecule has 26 heavy (non-hydrogen) atoms. The second kappa shape index (κ2) is 8.75. The number of carboxylic acid groups (broad SMARTS) is 1. The Bertz CT molecular complexity index is 750. The molecule has 2 aromatic carbocycles. The number of carbonyl (C=O) groups is 2. The Morgan fingerprint density at radius 2 is 1.62 bits per heavy atom. The fraction of sp³-hybridized carbons (Fsp3) is 0.263. The summed E-state index contributed by atoms with van der Waals surface area (Å²) in [6.07, 6.45) is 0. The number of carboxylic acids is 1. The maximum absolute atomic E-state index is 12.4. The van der Waals surface area contributed by atoms with Crippen LogP contribution in [0.15, 0.2) is 42.5 Å². The van der Waals surface area contributed by atoms with E-state index in [-0.39, 0.29) is 5.56 Å². The number of carbonyl (C=O) groups excluding carboxylic acids is 1. The molecule has 0 saturated heterocycles. The molecule has 0 spiro atoms. The van der Waals surface area contributed by atoms with Crippen LogP contribution in [0.5, 0.6) is 17.2 Å². The maximum Gasteiger partial charge on any atom is 0.323 e. The van der Waals surface area contributed by atoms with Crippen molar-refractivity contribution in [2.45, 2.75) is 6.61 Å². The van der Waals surface area contributed by atoms with Crippen LogP contribution < -0.4 is 14.2 Å². The summed E-state index contributed by atoms with van der Waals surface area (Å²) in [6, 6.07) is 12.6. The van der Waals surface area contributed by atoms with Gasteiger partial charge in [0.25, 0.3) is 5.91 Å². The van der Waals surface area contributed by atoms with E-state index in [2.05, 4.69) is 0 Å². The molecular weight excluding hydrogens is 338 g/mol. The summed E-state index contributed by atoms with van der Waals surface area (Å²) in [4.78, 5) is 24.3. The lowest BCUT2D eigenvalue weighted by Crippen LogP contribution is -2.31. The van der Waals surface area contributed by atoms with Gasteiger partial charge in [-0.2, -0.15) is 0 Å². The number of benzene rings is 2. The minimum atomic E-state index is -1.09. The summed E-state index contributed by atoms with van der Waals surface area (Å²) in [7, 11) is 4.33. The van der Waals surface area contributed by atoms with Crippen LogP contribution in [0.25, 0.3) is 0 Å². The molecule has 7 nitrogen and oxygen atoms in total. The Morgan fingerprint density at radius 3 is 2.12 bits per heavy atom. The fourth-order valence-electron chi connectivity index (χ4n) is 2.37. The molecule has 0 aliphatic heterocycles. The zero-order chi connectivity index (χ0) is 19.1. The van der Waals surface area contributed by atoms with Crippen molar-refractivity contribution in [1.29, 1.82) is 0 Å². The first-order valence-corrected chi connectivity index (χ1v) is 7.86. The highest BCUT2D eigenvalue weighted by Gasteiger charge is 2.21. The van der Waals surface area contributed by atoms with Crippen LogP contribution >= 0.6 is 0 Å². The highest BCUT2D eigenvalue weighted by molar-refractivity contribution is 5.97. The lowest BCUT2D eigenvalue weighted by Gasteiger charge is -2.18. The smallest absolute Gasteiger partial charge is 0.323 e. The zero-order valence-corrected chi connectivity index (χ0v) is 14.9. The van der Waals surface area contributed by atoms with Crippen molar-refractivity contribution in [3.63, 3.8) is 0 Å². The molecule has 0 fully saturated rings. The summed E-state index contributed by atoms with van der Waals surface area (Å²) in [6.45, 7) is -0.102.